The molecule has 2 N–H and O–H groups in total. The fourth-order valence-electron chi connectivity index (χ4n) is 1.34. The molecule has 0 heterocycles. The van der Waals surface area contributed by atoms with Gasteiger partial charge < -0.3 is 15.2 Å². The van der Waals surface area contributed by atoms with E-state index in [2.05, 4.69) is 0 Å². The van der Waals surface area contributed by atoms with Gasteiger partial charge in [0.15, 0.2) is 0 Å². The van der Waals surface area contributed by atoms with Crippen LogP contribution in [0.4, 0.5) is 0 Å². The van der Waals surface area contributed by atoms with Crippen LogP contribution in [0.3, 0.4) is 0 Å². The average Bonchev–Trinajstić information content (AvgIpc) is 2.25. The van der Waals surface area contributed by atoms with Gasteiger partial charge in [-0.1, -0.05) is 6.07 Å². The zero-order valence-corrected chi connectivity index (χ0v) is 9.62. The number of ether oxygens (including phenoxy) is 2. The second-order valence-electron chi connectivity index (χ2n) is 3.71. The summed E-state index contributed by atoms with van der Waals surface area (Å²) in [7, 11) is 1.65. The molecule has 15 heavy (non-hydrogen) atoms. The van der Waals surface area contributed by atoms with Crippen LogP contribution in [0.2, 0.25) is 0 Å². The monoisotopic (exact) mass is 209 g/mol. The summed E-state index contributed by atoms with van der Waals surface area (Å²) >= 11 is 0. The Hall–Kier alpha value is -1.06. The van der Waals surface area contributed by atoms with Gasteiger partial charge in [0.2, 0.25) is 0 Å². The van der Waals surface area contributed by atoms with Crippen molar-refractivity contribution >= 4 is 0 Å². The van der Waals surface area contributed by atoms with Gasteiger partial charge in [0.05, 0.1) is 19.8 Å². The van der Waals surface area contributed by atoms with Gasteiger partial charge in [-0.3, -0.25) is 0 Å². The van der Waals surface area contributed by atoms with Crippen molar-refractivity contribution in [3.63, 3.8) is 0 Å². The molecular weight excluding hydrogens is 190 g/mol. The third-order valence-corrected chi connectivity index (χ3v) is 2.15. The van der Waals surface area contributed by atoms with Gasteiger partial charge in [-0.15, -0.1) is 0 Å². The lowest BCUT2D eigenvalue weighted by atomic mass is 10.1. The number of methoxy groups -OCH3 is 1. The highest BCUT2D eigenvalue weighted by atomic mass is 16.5. The van der Waals surface area contributed by atoms with Gasteiger partial charge in [-0.25, -0.2) is 0 Å². The van der Waals surface area contributed by atoms with E-state index >= 15 is 0 Å². The summed E-state index contributed by atoms with van der Waals surface area (Å²) in [6.07, 6.45) is 0.244. The standard InChI is InChI=1S/C12H19NO2/c1-9(2)15-8-10-4-5-12(14-3)11(6-10)7-13/h4-6,9H,7-8,13H2,1-3H3. The lowest BCUT2D eigenvalue weighted by molar-refractivity contribution is 0.0656. The molecule has 3 heteroatoms. The Balaban J connectivity index is 2.74. The Bertz CT molecular complexity index is 310. The van der Waals surface area contributed by atoms with Crippen molar-refractivity contribution in [2.24, 2.45) is 5.73 Å². The Labute approximate surface area is 91.2 Å². The molecule has 0 aromatic heterocycles. The maximum Gasteiger partial charge on any atom is 0.123 e. The molecule has 0 unspecified atom stereocenters. The molecule has 0 radical (unpaired) electrons. The predicted octanol–water partition coefficient (Wildman–Crippen LogP) is 2.08. The quantitative estimate of drug-likeness (QED) is 0.807. The van der Waals surface area contributed by atoms with Crippen molar-refractivity contribution in [3.8, 4) is 5.75 Å². The summed E-state index contributed by atoms with van der Waals surface area (Å²) < 4.78 is 10.7. The molecule has 0 saturated heterocycles. The summed E-state index contributed by atoms with van der Waals surface area (Å²) in [5.74, 6) is 0.839. The zero-order valence-electron chi connectivity index (χ0n) is 9.62. The topological polar surface area (TPSA) is 44.5 Å². The first-order valence-electron chi connectivity index (χ1n) is 5.14. The molecule has 84 valence electrons. The molecule has 3 nitrogen and oxygen atoms in total. The zero-order chi connectivity index (χ0) is 11.3. The van der Waals surface area contributed by atoms with Crippen molar-refractivity contribution in [2.75, 3.05) is 7.11 Å². The van der Waals surface area contributed by atoms with Gasteiger partial charge in [-0.2, -0.15) is 0 Å². The summed E-state index contributed by atoms with van der Waals surface area (Å²) in [6.45, 7) is 5.15. The second kappa shape index (κ2) is 5.73. The van der Waals surface area contributed by atoms with E-state index in [0.29, 0.717) is 13.2 Å². The molecule has 0 aliphatic rings. The van der Waals surface area contributed by atoms with Crippen LogP contribution in [0.15, 0.2) is 18.2 Å². The molecule has 0 saturated carbocycles. The van der Waals surface area contributed by atoms with E-state index < -0.39 is 0 Å². The molecule has 0 amide bonds. The van der Waals surface area contributed by atoms with Crippen LogP contribution < -0.4 is 10.5 Å². The minimum atomic E-state index is 0.244. The van der Waals surface area contributed by atoms with E-state index in [9.17, 15) is 0 Å². The van der Waals surface area contributed by atoms with E-state index in [0.717, 1.165) is 16.9 Å². The van der Waals surface area contributed by atoms with E-state index in [1.165, 1.54) is 0 Å². The SMILES string of the molecule is COc1ccc(COC(C)C)cc1CN. The molecule has 1 aromatic rings. The molecule has 0 atom stereocenters. The summed E-state index contributed by atoms with van der Waals surface area (Å²) in [5.41, 5.74) is 7.78. The minimum absolute atomic E-state index is 0.244. The Morgan fingerprint density at radius 3 is 2.60 bits per heavy atom. The first-order chi connectivity index (χ1) is 7.17. The van der Waals surface area contributed by atoms with Gasteiger partial charge in [-0.05, 0) is 31.5 Å². The van der Waals surface area contributed by atoms with Crippen LogP contribution in [0, 0.1) is 0 Å². The smallest absolute Gasteiger partial charge is 0.123 e. The molecule has 0 spiro atoms. The van der Waals surface area contributed by atoms with Gasteiger partial charge >= 0.3 is 0 Å². The van der Waals surface area contributed by atoms with Crippen molar-refractivity contribution in [1.29, 1.82) is 0 Å². The van der Waals surface area contributed by atoms with Crippen LogP contribution in [0.25, 0.3) is 0 Å². The Morgan fingerprint density at radius 2 is 2.07 bits per heavy atom. The second-order valence-corrected chi connectivity index (χ2v) is 3.71. The molecule has 0 aliphatic carbocycles. The van der Waals surface area contributed by atoms with Gasteiger partial charge in [0, 0.05) is 12.1 Å². The van der Waals surface area contributed by atoms with E-state index in [1.54, 1.807) is 7.11 Å². The number of benzene rings is 1. The average molecular weight is 209 g/mol. The van der Waals surface area contributed by atoms with Crippen LogP contribution in [-0.4, -0.2) is 13.2 Å². The van der Waals surface area contributed by atoms with E-state index in [1.807, 2.05) is 32.0 Å². The molecule has 1 aromatic carbocycles. The largest absolute Gasteiger partial charge is 0.496 e. The fourth-order valence-corrected chi connectivity index (χ4v) is 1.34. The fraction of sp³-hybridized carbons (Fsp3) is 0.500. The number of hydrogen-bond donors (Lipinski definition) is 1. The number of rotatable bonds is 5. The Kier molecular flexibility index (Phi) is 4.59. The Morgan fingerprint density at radius 1 is 1.33 bits per heavy atom. The molecular formula is C12H19NO2. The molecule has 0 bridgehead atoms. The van der Waals surface area contributed by atoms with Crippen LogP contribution in [-0.2, 0) is 17.9 Å². The summed E-state index contributed by atoms with van der Waals surface area (Å²) in [6, 6.07) is 5.96. The molecule has 1 rings (SSSR count). The van der Waals surface area contributed by atoms with E-state index in [4.69, 9.17) is 15.2 Å². The van der Waals surface area contributed by atoms with Crippen molar-refractivity contribution in [3.05, 3.63) is 29.3 Å². The molecule has 0 fully saturated rings. The third-order valence-electron chi connectivity index (χ3n) is 2.15. The molecule has 0 aliphatic heterocycles. The maximum atomic E-state index is 5.63. The first-order valence-corrected chi connectivity index (χ1v) is 5.14. The summed E-state index contributed by atoms with van der Waals surface area (Å²) in [5, 5.41) is 0. The van der Waals surface area contributed by atoms with Crippen molar-refractivity contribution in [1.82, 2.24) is 0 Å². The van der Waals surface area contributed by atoms with Crippen LogP contribution >= 0.6 is 0 Å². The number of hydrogen-bond acceptors (Lipinski definition) is 3. The van der Waals surface area contributed by atoms with E-state index in [-0.39, 0.29) is 6.10 Å². The van der Waals surface area contributed by atoms with Crippen LogP contribution in [0.5, 0.6) is 5.75 Å². The number of nitrogens with two attached hydrogens (primary N) is 1. The lowest BCUT2D eigenvalue weighted by Gasteiger charge is -2.11. The highest BCUT2D eigenvalue weighted by Gasteiger charge is 2.03. The van der Waals surface area contributed by atoms with Gasteiger partial charge in [0.1, 0.15) is 5.75 Å². The highest BCUT2D eigenvalue weighted by molar-refractivity contribution is 5.36. The van der Waals surface area contributed by atoms with Gasteiger partial charge in [0.25, 0.3) is 0 Å². The normalized spacial score (nSPS) is 10.7. The predicted molar refractivity (Wildman–Crippen MR) is 60.8 cm³/mol. The first kappa shape index (κ1) is 12.0. The highest BCUT2D eigenvalue weighted by Crippen LogP contribution is 2.19. The van der Waals surface area contributed by atoms with Crippen molar-refractivity contribution < 1.29 is 9.47 Å². The summed E-state index contributed by atoms with van der Waals surface area (Å²) in [4.78, 5) is 0. The third kappa shape index (κ3) is 3.53. The maximum absolute atomic E-state index is 5.63. The van der Waals surface area contributed by atoms with Crippen molar-refractivity contribution in [2.45, 2.75) is 33.1 Å². The minimum Gasteiger partial charge on any atom is -0.496 e. The lowest BCUT2D eigenvalue weighted by Crippen LogP contribution is -2.04. The van der Waals surface area contributed by atoms with Crippen LogP contribution in [0.1, 0.15) is 25.0 Å².